The van der Waals surface area contributed by atoms with E-state index in [-0.39, 0.29) is 11.9 Å². The quantitative estimate of drug-likeness (QED) is 0.815. The molecule has 2 heterocycles. The standard InChI is InChI=1S/C13H23N3O3S/c1-5-20(17,18)16-7-6-13-11(8-16)12(14-15(13)4)9-19-10(2)3/h10H,5-9H2,1-4H3. The van der Waals surface area contributed by atoms with Crippen molar-refractivity contribution >= 4 is 10.0 Å². The zero-order valence-corrected chi connectivity index (χ0v) is 13.4. The number of aromatic nitrogens is 2. The monoisotopic (exact) mass is 301 g/mol. The largest absolute Gasteiger partial charge is 0.372 e. The van der Waals surface area contributed by atoms with E-state index in [0.717, 1.165) is 17.0 Å². The van der Waals surface area contributed by atoms with E-state index in [4.69, 9.17) is 4.74 Å². The third-order valence-corrected chi connectivity index (χ3v) is 5.43. The lowest BCUT2D eigenvalue weighted by Crippen LogP contribution is -2.37. The fourth-order valence-electron chi connectivity index (χ4n) is 2.43. The molecule has 0 bridgehead atoms. The minimum atomic E-state index is -3.15. The van der Waals surface area contributed by atoms with Crippen molar-refractivity contribution in [2.24, 2.45) is 7.05 Å². The van der Waals surface area contributed by atoms with Crippen LogP contribution >= 0.6 is 0 Å². The number of nitrogens with zero attached hydrogens (tertiary/aromatic N) is 3. The van der Waals surface area contributed by atoms with Gasteiger partial charge in [-0.05, 0) is 20.8 Å². The van der Waals surface area contributed by atoms with Crippen molar-refractivity contribution in [2.45, 2.75) is 46.4 Å². The van der Waals surface area contributed by atoms with E-state index in [1.807, 2.05) is 25.6 Å². The number of rotatable bonds is 5. The summed E-state index contributed by atoms with van der Waals surface area (Å²) in [6.07, 6.45) is 0.839. The Bertz CT molecular complexity index is 578. The Morgan fingerprint density at radius 3 is 2.70 bits per heavy atom. The molecule has 1 aliphatic heterocycles. The zero-order chi connectivity index (χ0) is 14.9. The van der Waals surface area contributed by atoms with Crippen molar-refractivity contribution in [3.63, 3.8) is 0 Å². The van der Waals surface area contributed by atoms with Crippen LogP contribution < -0.4 is 0 Å². The van der Waals surface area contributed by atoms with Gasteiger partial charge in [0, 0.05) is 37.8 Å². The van der Waals surface area contributed by atoms with E-state index in [9.17, 15) is 8.42 Å². The number of hydrogen-bond donors (Lipinski definition) is 0. The van der Waals surface area contributed by atoms with Crippen molar-refractivity contribution in [1.29, 1.82) is 0 Å². The highest BCUT2D eigenvalue weighted by molar-refractivity contribution is 7.89. The van der Waals surface area contributed by atoms with Crippen LogP contribution in [-0.4, -0.2) is 40.9 Å². The second-order valence-electron chi connectivity index (χ2n) is 5.34. The molecule has 20 heavy (non-hydrogen) atoms. The van der Waals surface area contributed by atoms with E-state index < -0.39 is 10.0 Å². The molecule has 2 rings (SSSR count). The fraction of sp³-hybridized carbons (Fsp3) is 0.769. The van der Waals surface area contributed by atoms with Crippen LogP contribution in [0.5, 0.6) is 0 Å². The predicted octanol–water partition coefficient (Wildman–Crippen LogP) is 1.05. The van der Waals surface area contributed by atoms with Gasteiger partial charge < -0.3 is 4.74 Å². The molecule has 0 saturated carbocycles. The lowest BCUT2D eigenvalue weighted by Gasteiger charge is -2.26. The van der Waals surface area contributed by atoms with Crippen molar-refractivity contribution in [3.8, 4) is 0 Å². The number of hydrogen-bond acceptors (Lipinski definition) is 4. The summed E-state index contributed by atoms with van der Waals surface area (Å²) in [4.78, 5) is 0. The van der Waals surface area contributed by atoms with Crippen LogP contribution in [0.2, 0.25) is 0 Å². The Morgan fingerprint density at radius 1 is 1.40 bits per heavy atom. The van der Waals surface area contributed by atoms with Gasteiger partial charge in [-0.2, -0.15) is 9.40 Å². The summed E-state index contributed by atoms with van der Waals surface area (Å²) >= 11 is 0. The van der Waals surface area contributed by atoms with Crippen molar-refractivity contribution in [3.05, 3.63) is 17.0 Å². The molecule has 0 fully saturated rings. The number of sulfonamides is 1. The highest BCUT2D eigenvalue weighted by Crippen LogP contribution is 2.24. The SMILES string of the molecule is CCS(=O)(=O)N1CCc2c(c(COC(C)C)nn2C)C1. The molecule has 0 aliphatic carbocycles. The normalized spacial score (nSPS) is 16.6. The maximum absolute atomic E-state index is 12.0. The van der Waals surface area contributed by atoms with Gasteiger partial charge in [0.1, 0.15) is 0 Å². The third kappa shape index (κ3) is 3.05. The Balaban J connectivity index is 2.25. The van der Waals surface area contributed by atoms with E-state index in [2.05, 4.69) is 5.10 Å². The average Bonchev–Trinajstić information content (AvgIpc) is 2.73. The van der Waals surface area contributed by atoms with Gasteiger partial charge in [0.25, 0.3) is 0 Å². The molecule has 0 atom stereocenters. The van der Waals surface area contributed by atoms with Gasteiger partial charge >= 0.3 is 0 Å². The van der Waals surface area contributed by atoms with Gasteiger partial charge in [-0.3, -0.25) is 4.68 Å². The van der Waals surface area contributed by atoms with E-state index in [1.54, 1.807) is 11.2 Å². The molecule has 114 valence electrons. The average molecular weight is 301 g/mol. The summed E-state index contributed by atoms with van der Waals surface area (Å²) in [6, 6.07) is 0. The summed E-state index contributed by atoms with van der Waals surface area (Å²) in [5.41, 5.74) is 2.98. The first-order valence-electron chi connectivity index (χ1n) is 6.98. The lowest BCUT2D eigenvalue weighted by atomic mass is 10.1. The first-order chi connectivity index (χ1) is 9.35. The second-order valence-corrected chi connectivity index (χ2v) is 7.60. The number of aryl methyl sites for hydroxylation is 1. The van der Waals surface area contributed by atoms with Crippen LogP contribution in [0.1, 0.15) is 37.7 Å². The molecule has 1 aliphatic rings. The lowest BCUT2D eigenvalue weighted by molar-refractivity contribution is 0.0626. The van der Waals surface area contributed by atoms with E-state index in [0.29, 0.717) is 26.1 Å². The van der Waals surface area contributed by atoms with Gasteiger partial charge in [0.2, 0.25) is 10.0 Å². The fourth-order valence-corrected chi connectivity index (χ4v) is 3.49. The van der Waals surface area contributed by atoms with Gasteiger partial charge in [-0.1, -0.05) is 0 Å². The summed E-state index contributed by atoms with van der Waals surface area (Å²) < 4.78 is 33.0. The third-order valence-electron chi connectivity index (χ3n) is 3.60. The second kappa shape index (κ2) is 5.83. The van der Waals surface area contributed by atoms with Crippen LogP contribution in [0.25, 0.3) is 0 Å². The molecule has 6 nitrogen and oxygen atoms in total. The molecule has 0 amide bonds. The Hall–Kier alpha value is -0.920. The molecule has 0 aromatic carbocycles. The van der Waals surface area contributed by atoms with E-state index in [1.165, 1.54) is 0 Å². The molecular formula is C13H23N3O3S. The number of fused-ring (bicyclic) bond motifs is 1. The highest BCUT2D eigenvalue weighted by Gasteiger charge is 2.29. The molecule has 0 N–H and O–H groups in total. The van der Waals surface area contributed by atoms with Crippen molar-refractivity contribution < 1.29 is 13.2 Å². The predicted molar refractivity (Wildman–Crippen MR) is 76.7 cm³/mol. The van der Waals surface area contributed by atoms with Crippen LogP contribution in [0.15, 0.2) is 0 Å². The number of ether oxygens (including phenoxy) is 1. The van der Waals surface area contributed by atoms with Crippen molar-refractivity contribution in [1.82, 2.24) is 14.1 Å². The highest BCUT2D eigenvalue weighted by atomic mass is 32.2. The minimum absolute atomic E-state index is 0.131. The molecule has 0 radical (unpaired) electrons. The van der Waals surface area contributed by atoms with Gasteiger partial charge in [-0.25, -0.2) is 8.42 Å². The molecule has 0 saturated heterocycles. The Kier molecular flexibility index (Phi) is 4.51. The van der Waals surface area contributed by atoms with Gasteiger partial charge in [0.15, 0.2) is 0 Å². The first-order valence-corrected chi connectivity index (χ1v) is 8.59. The van der Waals surface area contributed by atoms with E-state index >= 15 is 0 Å². The topological polar surface area (TPSA) is 64.4 Å². The summed E-state index contributed by atoms with van der Waals surface area (Å²) in [5, 5.41) is 4.48. The summed E-state index contributed by atoms with van der Waals surface area (Å²) in [5.74, 6) is 0.139. The van der Waals surface area contributed by atoms with Crippen molar-refractivity contribution in [2.75, 3.05) is 12.3 Å². The Labute approximate surface area is 120 Å². The molecule has 7 heteroatoms. The summed E-state index contributed by atoms with van der Waals surface area (Å²) in [7, 11) is -1.24. The maximum atomic E-state index is 12.0. The molecule has 1 aromatic rings. The Morgan fingerprint density at radius 2 is 2.10 bits per heavy atom. The van der Waals surface area contributed by atoms with Crippen LogP contribution in [0.4, 0.5) is 0 Å². The van der Waals surface area contributed by atoms with Crippen LogP contribution in [0.3, 0.4) is 0 Å². The smallest absolute Gasteiger partial charge is 0.214 e. The first kappa shape index (κ1) is 15.5. The summed E-state index contributed by atoms with van der Waals surface area (Å²) in [6.45, 7) is 7.01. The van der Waals surface area contributed by atoms with Crippen LogP contribution in [-0.2, 0) is 41.4 Å². The van der Waals surface area contributed by atoms with Gasteiger partial charge in [0.05, 0.1) is 24.2 Å². The molecule has 0 spiro atoms. The van der Waals surface area contributed by atoms with Crippen LogP contribution in [0, 0.1) is 0 Å². The molecule has 1 aromatic heterocycles. The zero-order valence-electron chi connectivity index (χ0n) is 12.6. The molecular weight excluding hydrogens is 278 g/mol. The minimum Gasteiger partial charge on any atom is -0.372 e. The van der Waals surface area contributed by atoms with Gasteiger partial charge in [-0.15, -0.1) is 0 Å². The maximum Gasteiger partial charge on any atom is 0.214 e. The molecule has 0 unspecified atom stereocenters.